The minimum atomic E-state index is 0.541. The van der Waals surface area contributed by atoms with E-state index in [9.17, 15) is 0 Å². The van der Waals surface area contributed by atoms with Crippen molar-refractivity contribution in [3.63, 3.8) is 0 Å². The number of aryl methyl sites for hydroxylation is 1. The Kier molecular flexibility index (Phi) is 5.03. The molecule has 128 valence electrons. The molecule has 0 bridgehead atoms. The van der Waals surface area contributed by atoms with Gasteiger partial charge < -0.3 is 9.30 Å². The van der Waals surface area contributed by atoms with Crippen LogP contribution in [0.5, 0.6) is 5.75 Å². The summed E-state index contributed by atoms with van der Waals surface area (Å²) >= 11 is 0. The molecular formula is C22H24N2O. The summed E-state index contributed by atoms with van der Waals surface area (Å²) in [7, 11) is 1.68. The third-order valence-electron chi connectivity index (χ3n) is 4.31. The van der Waals surface area contributed by atoms with E-state index in [0.717, 1.165) is 22.7 Å². The average molecular weight is 332 g/mol. The zero-order chi connectivity index (χ0) is 17.8. The highest BCUT2D eigenvalue weighted by Crippen LogP contribution is 2.20. The number of hydrogen-bond donors (Lipinski definition) is 0. The van der Waals surface area contributed by atoms with Gasteiger partial charge >= 0.3 is 0 Å². The van der Waals surface area contributed by atoms with Gasteiger partial charge in [0.25, 0.3) is 0 Å². The van der Waals surface area contributed by atoms with Crippen LogP contribution in [0.2, 0.25) is 0 Å². The number of rotatable bonds is 5. The van der Waals surface area contributed by atoms with E-state index in [0.29, 0.717) is 5.92 Å². The van der Waals surface area contributed by atoms with E-state index in [-0.39, 0.29) is 0 Å². The molecule has 3 nitrogen and oxygen atoms in total. The Balaban J connectivity index is 1.79. The van der Waals surface area contributed by atoms with Gasteiger partial charge in [-0.25, -0.2) is 0 Å². The van der Waals surface area contributed by atoms with E-state index >= 15 is 0 Å². The number of aromatic nitrogens is 1. The molecule has 0 spiro atoms. The maximum atomic E-state index is 5.22. The van der Waals surface area contributed by atoms with Crippen molar-refractivity contribution in [2.24, 2.45) is 4.99 Å². The maximum Gasteiger partial charge on any atom is 0.119 e. The third kappa shape index (κ3) is 4.00. The van der Waals surface area contributed by atoms with Crippen molar-refractivity contribution in [1.29, 1.82) is 0 Å². The molecule has 25 heavy (non-hydrogen) atoms. The number of nitrogens with zero attached hydrogens (tertiary/aromatic N) is 2. The molecule has 2 aromatic carbocycles. The van der Waals surface area contributed by atoms with Gasteiger partial charge in [-0.1, -0.05) is 26.0 Å². The van der Waals surface area contributed by atoms with Gasteiger partial charge in [0, 0.05) is 29.4 Å². The number of ether oxygens (including phenoxy) is 1. The van der Waals surface area contributed by atoms with Gasteiger partial charge in [0.1, 0.15) is 5.75 Å². The number of aliphatic imine (C=N–C) groups is 1. The minimum Gasteiger partial charge on any atom is -0.497 e. The fourth-order valence-corrected chi connectivity index (χ4v) is 2.78. The second-order valence-corrected chi connectivity index (χ2v) is 6.49. The molecule has 0 aliphatic heterocycles. The van der Waals surface area contributed by atoms with Crippen LogP contribution >= 0.6 is 0 Å². The maximum absolute atomic E-state index is 5.22. The summed E-state index contributed by atoms with van der Waals surface area (Å²) in [6.45, 7) is 6.49. The first kappa shape index (κ1) is 17.0. The lowest BCUT2D eigenvalue weighted by Crippen LogP contribution is -1.94. The van der Waals surface area contributed by atoms with Gasteiger partial charge in [-0.2, -0.15) is 0 Å². The molecule has 0 atom stereocenters. The molecule has 0 amide bonds. The second-order valence-electron chi connectivity index (χ2n) is 6.49. The second kappa shape index (κ2) is 7.39. The van der Waals surface area contributed by atoms with Crippen LogP contribution in [0.1, 0.15) is 36.6 Å². The summed E-state index contributed by atoms with van der Waals surface area (Å²) in [5.41, 5.74) is 5.67. The Labute approximate surface area is 149 Å². The lowest BCUT2D eigenvalue weighted by molar-refractivity contribution is 0.414. The van der Waals surface area contributed by atoms with Gasteiger partial charge in [-0.05, 0) is 60.9 Å². The quantitative estimate of drug-likeness (QED) is 0.553. The predicted octanol–water partition coefficient (Wildman–Crippen LogP) is 5.67. The van der Waals surface area contributed by atoms with E-state index in [2.05, 4.69) is 79.0 Å². The van der Waals surface area contributed by atoms with Crippen molar-refractivity contribution in [3.05, 3.63) is 77.6 Å². The third-order valence-corrected chi connectivity index (χ3v) is 4.31. The minimum absolute atomic E-state index is 0.541. The highest BCUT2D eigenvalue weighted by molar-refractivity contribution is 5.82. The van der Waals surface area contributed by atoms with Crippen molar-refractivity contribution in [1.82, 2.24) is 4.57 Å². The molecule has 1 aromatic heterocycles. The lowest BCUT2D eigenvalue weighted by Gasteiger charge is -2.06. The molecule has 0 N–H and O–H groups in total. The number of hydrogen-bond acceptors (Lipinski definition) is 2. The topological polar surface area (TPSA) is 26.5 Å². The van der Waals surface area contributed by atoms with E-state index in [4.69, 9.17) is 4.74 Å². The first-order valence-electron chi connectivity index (χ1n) is 8.54. The summed E-state index contributed by atoms with van der Waals surface area (Å²) in [4.78, 5) is 4.59. The van der Waals surface area contributed by atoms with Crippen LogP contribution in [-0.2, 0) is 0 Å². The van der Waals surface area contributed by atoms with Gasteiger partial charge in [-0.3, -0.25) is 4.99 Å². The summed E-state index contributed by atoms with van der Waals surface area (Å²) in [5.74, 6) is 1.40. The van der Waals surface area contributed by atoms with Crippen molar-refractivity contribution in [2.75, 3.05) is 7.11 Å². The molecule has 1 heterocycles. The molecule has 3 heteroatoms. The van der Waals surface area contributed by atoms with E-state index in [1.165, 1.54) is 11.3 Å². The van der Waals surface area contributed by atoms with E-state index in [1.807, 2.05) is 18.3 Å². The smallest absolute Gasteiger partial charge is 0.119 e. The normalized spacial score (nSPS) is 11.4. The molecule has 0 aliphatic carbocycles. The molecule has 0 radical (unpaired) electrons. The van der Waals surface area contributed by atoms with Crippen molar-refractivity contribution < 1.29 is 4.74 Å². The summed E-state index contributed by atoms with van der Waals surface area (Å²) in [6.07, 6.45) is 4.01. The zero-order valence-electron chi connectivity index (χ0n) is 15.2. The summed E-state index contributed by atoms with van der Waals surface area (Å²) in [6, 6.07) is 18.6. The Hall–Kier alpha value is -2.81. The highest BCUT2D eigenvalue weighted by atomic mass is 16.5. The Bertz CT molecular complexity index is 856. The number of methoxy groups -OCH3 is 1. The van der Waals surface area contributed by atoms with Crippen LogP contribution in [-0.4, -0.2) is 17.9 Å². The first-order chi connectivity index (χ1) is 12.1. The molecule has 0 saturated heterocycles. The zero-order valence-corrected chi connectivity index (χ0v) is 15.2. The van der Waals surface area contributed by atoms with Crippen molar-refractivity contribution in [3.8, 4) is 11.4 Å². The molecule has 3 rings (SSSR count). The van der Waals surface area contributed by atoms with Crippen LogP contribution in [0.3, 0.4) is 0 Å². The molecule has 0 saturated carbocycles. The van der Waals surface area contributed by atoms with E-state index in [1.54, 1.807) is 7.11 Å². The average Bonchev–Trinajstić information content (AvgIpc) is 3.01. The van der Waals surface area contributed by atoms with Crippen LogP contribution in [0, 0.1) is 6.92 Å². The van der Waals surface area contributed by atoms with Gasteiger partial charge in [0.15, 0.2) is 0 Å². The molecule has 0 unspecified atom stereocenters. The van der Waals surface area contributed by atoms with Crippen LogP contribution in [0.4, 0.5) is 5.69 Å². The van der Waals surface area contributed by atoms with Gasteiger partial charge in [0.2, 0.25) is 0 Å². The van der Waals surface area contributed by atoms with Gasteiger partial charge in [0.05, 0.1) is 12.8 Å². The van der Waals surface area contributed by atoms with Crippen molar-refractivity contribution >= 4 is 11.9 Å². The first-order valence-corrected chi connectivity index (χ1v) is 8.54. The molecule has 0 fully saturated rings. The fraction of sp³-hybridized carbons (Fsp3) is 0.227. The predicted molar refractivity (Wildman–Crippen MR) is 105 cm³/mol. The largest absolute Gasteiger partial charge is 0.497 e. The molecular weight excluding hydrogens is 308 g/mol. The Morgan fingerprint density at radius 3 is 2.28 bits per heavy atom. The SMILES string of the molecule is COc1ccc(-n2cc(C=Nc3ccc(C(C)C)cc3)cc2C)cc1. The number of benzene rings is 2. The van der Waals surface area contributed by atoms with E-state index < -0.39 is 0 Å². The highest BCUT2D eigenvalue weighted by Gasteiger charge is 2.04. The van der Waals surface area contributed by atoms with Gasteiger partial charge in [-0.15, -0.1) is 0 Å². The molecule has 0 aliphatic rings. The van der Waals surface area contributed by atoms with Crippen LogP contribution in [0.25, 0.3) is 5.69 Å². The Morgan fingerprint density at radius 2 is 1.68 bits per heavy atom. The van der Waals surface area contributed by atoms with Crippen molar-refractivity contribution in [2.45, 2.75) is 26.7 Å². The standard InChI is InChI=1S/C22H24N2O/c1-16(2)19-5-7-20(8-6-19)23-14-18-13-17(3)24(15-18)21-9-11-22(25-4)12-10-21/h5-16H,1-4H3. The fourth-order valence-electron chi connectivity index (χ4n) is 2.78. The summed E-state index contributed by atoms with van der Waals surface area (Å²) < 4.78 is 7.38. The summed E-state index contributed by atoms with van der Waals surface area (Å²) in [5, 5.41) is 0. The lowest BCUT2D eigenvalue weighted by atomic mass is 10.0. The Morgan fingerprint density at radius 1 is 1.00 bits per heavy atom. The monoisotopic (exact) mass is 332 g/mol. The van der Waals surface area contributed by atoms with Crippen LogP contribution in [0.15, 0.2) is 65.8 Å². The molecule has 3 aromatic rings. The van der Waals surface area contributed by atoms with Crippen LogP contribution < -0.4 is 4.74 Å².